The molecule has 210 valence electrons. The van der Waals surface area contributed by atoms with E-state index in [4.69, 9.17) is 16.2 Å². The van der Waals surface area contributed by atoms with Crippen LogP contribution < -0.4 is 5.32 Å². The Morgan fingerprint density at radius 1 is 1.07 bits per heavy atom. The van der Waals surface area contributed by atoms with E-state index in [0.29, 0.717) is 12.5 Å². The molecule has 4 nitrogen and oxygen atoms in total. The average molecular weight is 536 g/mol. The molecule has 4 heteroatoms. The Labute approximate surface area is 242 Å². The fourth-order valence-electron chi connectivity index (χ4n) is 3.65. The molecule has 2 rings (SSSR count). The number of aliphatic imine (C=N–C) groups is 1. The smallest absolute Gasteiger partial charge is 0.129 e. The lowest BCUT2D eigenvalue weighted by Crippen LogP contribution is -2.38. The van der Waals surface area contributed by atoms with E-state index in [1.807, 2.05) is 36.4 Å². The fraction of sp³-hybridized carbons (Fsp3) is 0.306. The topological polar surface area (TPSA) is 36.9 Å². The number of terminal acetylenes is 1. The number of amidine groups is 1. The maximum atomic E-state index is 5.97. The molecular weight excluding hydrogens is 490 g/mol. The van der Waals surface area contributed by atoms with Gasteiger partial charge in [0.05, 0.1) is 6.26 Å². The molecular formula is C36H45N3O. The normalized spacial score (nSPS) is 13.9. The summed E-state index contributed by atoms with van der Waals surface area (Å²) in [5, 5.41) is 3.69. The maximum absolute atomic E-state index is 5.97. The minimum atomic E-state index is -0.232. The Hall–Kier alpha value is -4.07. The van der Waals surface area contributed by atoms with Crippen LogP contribution in [-0.2, 0) is 4.74 Å². The van der Waals surface area contributed by atoms with E-state index in [1.54, 1.807) is 12.3 Å². The molecule has 0 aliphatic rings. The Bertz CT molecular complexity index is 1250. The van der Waals surface area contributed by atoms with Crippen LogP contribution in [0.25, 0.3) is 5.57 Å². The average Bonchev–Trinajstić information content (AvgIpc) is 2.94. The zero-order chi connectivity index (χ0) is 29.4. The zero-order valence-electron chi connectivity index (χ0n) is 25.0. The molecule has 40 heavy (non-hydrogen) atoms. The molecule has 0 amide bonds. The number of allylic oxidation sites excluding steroid dienone is 7. The van der Waals surface area contributed by atoms with Crippen LogP contribution in [0.5, 0.6) is 0 Å². The van der Waals surface area contributed by atoms with Crippen molar-refractivity contribution in [3.8, 4) is 12.3 Å². The van der Waals surface area contributed by atoms with Crippen LogP contribution in [0.15, 0.2) is 115 Å². The monoisotopic (exact) mass is 535 g/mol. The van der Waals surface area contributed by atoms with Crippen molar-refractivity contribution in [2.45, 2.75) is 45.9 Å². The second-order valence-corrected chi connectivity index (χ2v) is 10.5. The first-order valence-corrected chi connectivity index (χ1v) is 13.8. The van der Waals surface area contributed by atoms with Gasteiger partial charge in [0, 0.05) is 12.1 Å². The van der Waals surface area contributed by atoms with Gasteiger partial charge < -0.3 is 10.1 Å². The number of nitrogens with zero attached hydrogens (tertiary/aromatic N) is 2. The van der Waals surface area contributed by atoms with Gasteiger partial charge in [-0.2, -0.15) is 0 Å². The van der Waals surface area contributed by atoms with Crippen LogP contribution in [0.4, 0.5) is 0 Å². The molecule has 0 bridgehead atoms. The number of rotatable bonds is 14. The van der Waals surface area contributed by atoms with Gasteiger partial charge in [0.15, 0.2) is 0 Å². The molecule has 0 fully saturated rings. The molecule has 0 spiro atoms. The summed E-state index contributed by atoms with van der Waals surface area (Å²) >= 11 is 0. The predicted octanol–water partition coefficient (Wildman–Crippen LogP) is 7.95. The van der Waals surface area contributed by atoms with Crippen molar-refractivity contribution in [2.24, 2.45) is 10.9 Å². The molecule has 2 aromatic rings. The molecule has 0 heterocycles. The van der Waals surface area contributed by atoms with Crippen molar-refractivity contribution in [1.29, 1.82) is 0 Å². The van der Waals surface area contributed by atoms with Gasteiger partial charge in [0.25, 0.3) is 0 Å². The molecule has 0 saturated carbocycles. The fourth-order valence-corrected chi connectivity index (χ4v) is 3.65. The van der Waals surface area contributed by atoms with E-state index in [9.17, 15) is 0 Å². The molecule has 0 aromatic heterocycles. The summed E-state index contributed by atoms with van der Waals surface area (Å²) in [5.74, 6) is 3.73. The molecule has 0 aliphatic heterocycles. The zero-order valence-corrected chi connectivity index (χ0v) is 25.0. The Balaban J connectivity index is 2.38. The molecule has 2 aromatic carbocycles. The van der Waals surface area contributed by atoms with Gasteiger partial charge in [0.2, 0.25) is 0 Å². The number of nitrogens with one attached hydrogen (secondary N) is 1. The van der Waals surface area contributed by atoms with Crippen LogP contribution in [0, 0.1) is 18.3 Å². The van der Waals surface area contributed by atoms with Gasteiger partial charge >= 0.3 is 0 Å². The molecule has 0 radical (unpaired) electrons. The van der Waals surface area contributed by atoms with Gasteiger partial charge in [-0.1, -0.05) is 105 Å². The SMILES string of the molecule is C#C/C=C\C=C/CC/N=C(\NC(c1ccccc1)N(C)C)c1cccc(/C(C=C)=C/C=C\OC(C)(C)C(C)C)c1. The van der Waals surface area contributed by atoms with E-state index < -0.39 is 0 Å². The minimum absolute atomic E-state index is 0.0449. The van der Waals surface area contributed by atoms with Crippen LogP contribution in [-0.4, -0.2) is 37.0 Å². The summed E-state index contributed by atoms with van der Waals surface area (Å²) < 4.78 is 5.97. The maximum Gasteiger partial charge on any atom is 0.129 e. The highest BCUT2D eigenvalue weighted by Crippen LogP contribution is 2.22. The van der Waals surface area contributed by atoms with Crippen LogP contribution in [0.3, 0.4) is 0 Å². The van der Waals surface area contributed by atoms with E-state index >= 15 is 0 Å². The summed E-state index contributed by atoms with van der Waals surface area (Å²) in [6.07, 6.45) is 21.2. The van der Waals surface area contributed by atoms with Gasteiger partial charge in [-0.25, -0.2) is 0 Å². The quantitative estimate of drug-likeness (QED) is 0.0507. The summed E-state index contributed by atoms with van der Waals surface area (Å²) in [4.78, 5) is 7.14. The number of hydrogen-bond acceptors (Lipinski definition) is 3. The van der Waals surface area contributed by atoms with Gasteiger partial charge in [-0.05, 0) is 75.2 Å². The lowest BCUT2D eigenvalue weighted by atomic mass is 9.95. The highest BCUT2D eigenvalue weighted by Gasteiger charge is 2.22. The second kappa shape index (κ2) is 16.8. The standard InChI is InChI=1S/C36H45N3O/c1-9-11-12-13-14-18-26-37-34(38-35(39(7)8)31-21-16-15-17-22-31)33-24-19-23-32(28-33)30(10-2)25-20-27-40-36(5,6)29(3)4/h1,10-17,19-25,27-29,35H,2,18,26H2,3-8H3,(H,37,38)/b12-11-,14-13-,27-20-,30-25+. The first-order chi connectivity index (χ1) is 19.2. The van der Waals surface area contributed by atoms with Crippen molar-refractivity contribution in [2.75, 3.05) is 20.6 Å². The van der Waals surface area contributed by atoms with Gasteiger partial charge in [0.1, 0.15) is 17.6 Å². The predicted molar refractivity (Wildman–Crippen MR) is 173 cm³/mol. The number of hydrogen-bond donors (Lipinski definition) is 1. The van der Waals surface area contributed by atoms with Crippen molar-refractivity contribution in [1.82, 2.24) is 10.2 Å². The van der Waals surface area contributed by atoms with Crippen LogP contribution in [0.1, 0.15) is 57.0 Å². The van der Waals surface area contributed by atoms with E-state index in [0.717, 1.165) is 34.5 Å². The van der Waals surface area contributed by atoms with Crippen molar-refractivity contribution in [3.63, 3.8) is 0 Å². The highest BCUT2D eigenvalue weighted by atomic mass is 16.5. The number of benzene rings is 2. The molecule has 1 atom stereocenters. The first kappa shape index (κ1) is 32.1. The largest absolute Gasteiger partial charge is 0.495 e. The third-order valence-corrected chi connectivity index (χ3v) is 6.72. The number of ether oxygens (including phenoxy) is 1. The third kappa shape index (κ3) is 10.6. The highest BCUT2D eigenvalue weighted by molar-refractivity contribution is 6.00. The summed E-state index contributed by atoms with van der Waals surface area (Å²) in [6.45, 7) is 13.2. The van der Waals surface area contributed by atoms with Crippen LogP contribution in [0.2, 0.25) is 0 Å². The van der Waals surface area contributed by atoms with Gasteiger partial charge in [-0.15, -0.1) is 6.42 Å². The first-order valence-electron chi connectivity index (χ1n) is 13.8. The summed E-state index contributed by atoms with van der Waals surface area (Å²) in [5.41, 5.74) is 3.99. The van der Waals surface area contributed by atoms with Gasteiger partial charge in [-0.3, -0.25) is 9.89 Å². The summed E-state index contributed by atoms with van der Waals surface area (Å²) in [6, 6.07) is 18.8. The van der Waals surface area contributed by atoms with Crippen molar-refractivity contribution in [3.05, 3.63) is 127 Å². The third-order valence-electron chi connectivity index (χ3n) is 6.72. The molecule has 0 aliphatic carbocycles. The second-order valence-electron chi connectivity index (χ2n) is 10.5. The Kier molecular flexibility index (Phi) is 13.5. The Morgan fingerprint density at radius 3 is 2.45 bits per heavy atom. The van der Waals surface area contributed by atoms with E-state index in [1.165, 1.54) is 0 Å². The lowest BCUT2D eigenvalue weighted by Gasteiger charge is -2.28. The lowest BCUT2D eigenvalue weighted by molar-refractivity contribution is 0.0149. The van der Waals surface area contributed by atoms with Crippen molar-refractivity contribution < 1.29 is 4.74 Å². The van der Waals surface area contributed by atoms with E-state index in [-0.39, 0.29) is 11.8 Å². The molecule has 1 N–H and O–H groups in total. The molecule has 1 unspecified atom stereocenters. The Morgan fingerprint density at radius 2 is 1.80 bits per heavy atom. The van der Waals surface area contributed by atoms with Crippen molar-refractivity contribution >= 4 is 11.4 Å². The van der Waals surface area contributed by atoms with Crippen LogP contribution >= 0.6 is 0 Å². The minimum Gasteiger partial charge on any atom is -0.495 e. The summed E-state index contributed by atoms with van der Waals surface area (Å²) in [7, 11) is 4.12. The molecule has 0 saturated heterocycles. The van der Waals surface area contributed by atoms with E-state index in [2.05, 4.69) is 119 Å².